The van der Waals surface area contributed by atoms with Crippen LogP contribution in [0.1, 0.15) is 59.3 Å². The predicted molar refractivity (Wildman–Crippen MR) is 91.3 cm³/mol. The SMILES string of the molecule is CCC(C)(C)C1CCC(CN)(N(C)C2CCSC2)CC1. The molecule has 1 aliphatic carbocycles. The molecule has 1 heterocycles. The van der Waals surface area contributed by atoms with Crippen molar-refractivity contribution >= 4 is 11.8 Å². The van der Waals surface area contributed by atoms with E-state index in [0.717, 1.165) is 18.5 Å². The average Bonchev–Trinajstić information content (AvgIpc) is 3.00. The van der Waals surface area contributed by atoms with Crippen LogP contribution in [-0.2, 0) is 0 Å². The van der Waals surface area contributed by atoms with E-state index in [1.54, 1.807) is 0 Å². The lowest BCUT2D eigenvalue weighted by Gasteiger charge is -2.50. The summed E-state index contributed by atoms with van der Waals surface area (Å²) in [5.74, 6) is 3.53. The molecule has 1 saturated carbocycles. The molecule has 0 aromatic carbocycles. The fraction of sp³-hybridized carbons (Fsp3) is 1.00. The summed E-state index contributed by atoms with van der Waals surface area (Å²) in [5.41, 5.74) is 7.04. The zero-order chi connectivity index (χ0) is 14.8. The zero-order valence-corrected chi connectivity index (χ0v) is 14.8. The van der Waals surface area contributed by atoms with Crippen LogP contribution in [0.25, 0.3) is 0 Å². The molecule has 0 aromatic rings. The van der Waals surface area contributed by atoms with Crippen LogP contribution in [0.5, 0.6) is 0 Å². The van der Waals surface area contributed by atoms with Gasteiger partial charge < -0.3 is 5.73 Å². The average molecular weight is 299 g/mol. The van der Waals surface area contributed by atoms with Crippen molar-refractivity contribution in [2.75, 3.05) is 25.1 Å². The topological polar surface area (TPSA) is 29.3 Å². The van der Waals surface area contributed by atoms with Gasteiger partial charge in [-0.2, -0.15) is 11.8 Å². The lowest BCUT2D eigenvalue weighted by Crippen LogP contribution is -2.58. The summed E-state index contributed by atoms with van der Waals surface area (Å²) in [5, 5.41) is 0. The molecule has 0 amide bonds. The Hall–Kier alpha value is 0.270. The number of hydrogen-bond acceptors (Lipinski definition) is 3. The van der Waals surface area contributed by atoms with Crippen LogP contribution in [0.15, 0.2) is 0 Å². The van der Waals surface area contributed by atoms with Crippen LogP contribution in [0.2, 0.25) is 0 Å². The molecule has 118 valence electrons. The molecule has 0 bridgehead atoms. The Labute approximate surface area is 130 Å². The maximum Gasteiger partial charge on any atom is 0.0332 e. The zero-order valence-electron chi connectivity index (χ0n) is 14.0. The Morgan fingerprint density at radius 2 is 1.90 bits per heavy atom. The number of nitrogens with zero attached hydrogens (tertiary/aromatic N) is 1. The molecule has 2 rings (SSSR count). The number of hydrogen-bond donors (Lipinski definition) is 1. The molecule has 20 heavy (non-hydrogen) atoms. The third-order valence-corrected chi connectivity index (χ3v) is 7.66. The molecule has 1 saturated heterocycles. The van der Waals surface area contributed by atoms with E-state index in [4.69, 9.17) is 5.73 Å². The minimum Gasteiger partial charge on any atom is -0.329 e. The third-order valence-electron chi connectivity index (χ3n) is 6.51. The number of rotatable bonds is 5. The van der Waals surface area contributed by atoms with Crippen LogP contribution in [0.4, 0.5) is 0 Å². The van der Waals surface area contributed by atoms with Gasteiger partial charge in [0.25, 0.3) is 0 Å². The summed E-state index contributed by atoms with van der Waals surface area (Å²) in [6.45, 7) is 8.07. The monoisotopic (exact) mass is 298 g/mol. The molecule has 0 aromatic heterocycles. The van der Waals surface area contributed by atoms with E-state index >= 15 is 0 Å². The second kappa shape index (κ2) is 6.58. The van der Waals surface area contributed by atoms with Gasteiger partial charge in [0.05, 0.1) is 0 Å². The van der Waals surface area contributed by atoms with Crippen molar-refractivity contribution in [2.45, 2.75) is 70.9 Å². The summed E-state index contributed by atoms with van der Waals surface area (Å²) < 4.78 is 0. The minimum atomic E-state index is 0.288. The van der Waals surface area contributed by atoms with Crippen molar-refractivity contribution in [3.63, 3.8) is 0 Å². The lowest BCUT2D eigenvalue weighted by atomic mass is 9.65. The van der Waals surface area contributed by atoms with Gasteiger partial charge in [-0.3, -0.25) is 4.90 Å². The third kappa shape index (κ3) is 3.20. The Morgan fingerprint density at radius 3 is 2.35 bits per heavy atom. The van der Waals surface area contributed by atoms with E-state index in [9.17, 15) is 0 Å². The van der Waals surface area contributed by atoms with E-state index in [2.05, 4.69) is 44.5 Å². The summed E-state index contributed by atoms with van der Waals surface area (Å²) in [6.07, 6.45) is 7.98. The second-order valence-electron chi connectivity index (χ2n) is 7.67. The van der Waals surface area contributed by atoms with Crippen LogP contribution in [0.3, 0.4) is 0 Å². The molecule has 1 aliphatic heterocycles. The Balaban J connectivity index is 2.00. The van der Waals surface area contributed by atoms with E-state index in [1.165, 1.54) is 50.0 Å². The second-order valence-corrected chi connectivity index (χ2v) is 8.82. The fourth-order valence-electron chi connectivity index (χ4n) is 4.14. The van der Waals surface area contributed by atoms with Gasteiger partial charge in [-0.15, -0.1) is 0 Å². The van der Waals surface area contributed by atoms with Crippen molar-refractivity contribution in [1.82, 2.24) is 4.90 Å². The first kappa shape index (κ1) is 16.6. The molecule has 0 radical (unpaired) electrons. The van der Waals surface area contributed by atoms with Crippen molar-refractivity contribution in [3.8, 4) is 0 Å². The maximum absolute atomic E-state index is 6.25. The maximum atomic E-state index is 6.25. The van der Waals surface area contributed by atoms with Crippen LogP contribution >= 0.6 is 11.8 Å². The van der Waals surface area contributed by atoms with Crippen LogP contribution in [-0.4, -0.2) is 41.6 Å². The predicted octanol–water partition coefficient (Wildman–Crippen LogP) is 3.75. The molecule has 0 spiro atoms. The number of thioether (sulfide) groups is 1. The smallest absolute Gasteiger partial charge is 0.0332 e. The largest absolute Gasteiger partial charge is 0.329 e. The Kier molecular flexibility index (Phi) is 5.47. The molecule has 1 atom stereocenters. The van der Waals surface area contributed by atoms with E-state index in [1.807, 2.05) is 0 Å². The van der Waals surface area contributed by atoms with Crippen molar-refractivity contribution in [2.24, 2.45) is 17.1 Å². The molecular formula is C17H34N2S. The molecule has 2 nitrogen and oxygen atoms in total. The van der Waals surface area contributed by atoms with Crippen LogP contribution < -0.4 is 5.73 Å². The molecule has 2 fully saturated rings. The molecule has 3 heteroatoms. The normalized spacial score (nSPS) is 35.7. The summed E-state index contributed by atoms with van der Waals surface area (Å²) >= 11 is 2.11. The van der Waals surface area contributed by atoms with Gasteiger partial charge >= 0.3 is 0 Å². The van der Waals surface area contributed by atoms with Gasteiger partial charge in [0.2, 0.25) is 0 Å². The van der Waals surface area contributed by atoms with Crippen molar-refractivity contribution in [1.29, 1.82) is 0 Å². The highest BCUT2D eigenvalue weighted by Crippen LogP contribution is 2.45. The molecule has 2 N–H and O–H groups in total. The molecule has 1 unspecified atom stereocenters. The Bertz CT molecular complexity index is 302. The molecular weight excluding hydrogens is 264 g/mol. The van der Waals surface area contributed by atoms with E-state index in [-0.39, 0.29) is 5.54 Å². The number of nitrogens with two attached hydrogens (primary N) is 1. The van der Waals surface area contributed by atoms with Gasteiger partial charge in [0, 0.05) is 23.9 Å². The first-order chi connectivity index (χ1) is 9.45. The first-order valence-electron chi connectivity index (χ1n) is 8.46. The molecule has 2 aliphatic rings. The first-order valence-corrected chi connectivity index (χ1v) is 9.61. The van der Waals surface area contributed by atoms with Crippen LogP contribution in [0, 0.1) is 11.3 Å². The van der Waals surface area contributed by atoms with Crippen molar-refractivity contribution < 1.29 is 0 Å². The standard InChI is InChI=1S/C17H34N2S/c1-5-16(2,3)14-6-9-17(13-18,10-7-14)19(4)15-8-11-20-12-15/h14-15H,5-13,18H2,1-4H3. The minimum absolute atomic E-state index is 0.288. The summed E-state index contributed by atoms with van der Waals surface area (Å²) in [4.78, 5) is 2.67. The van der Waals surface area contributed by atoms with Gasteiger partial charge in [0.15, 0.2) is 0 Å². The summed E-state index contributed by atoms with van der Waals surface area (Å²) in [6, 6.07) is 0.763. The quantitative estimate of drug-likeness (QED) is 0.838. The Morgan fingerprint density at radius 1 is 1.25 bits per heavy atom. The fourth-order valence-corrected chi connectivity index (χ4v) is 5.41. The highest BCUT2D eigenvalue weighted by Gasteiger charge is 2.43. The van der Waals surface area contributed by atoms with E-state index in [0.29, 0.717) is 5.41 Å². The van der Waals surface area contributed by atoms with Gasteiger partial charge in [-0.25, -0.2) is 0 Å². The van der Waals surface area contributed by atoms with Gasteiger partial charge in [-0.05, 0) is 56.2 Å². The van der Waals surface area contributed by atoms with E-state index < -0.39 is 0 Å². The highest BCUT2D eigenvalue weighted by atomic mass is 32.2. The van der Waals surface area contributed by atoms with Crippen molar-refractivity contribution in [3.05, 3.63) is 0 Å². The lowest BCUT2D eigenvalue weighted by molar-refractivity contribution is 0.0133. The van der Waals surface area contributed by atoms with Gasteiger partial charge in [0.1, 0.15) is 0 Å². The number of likely N-dealkylation sites (N-methyl/N-ethyl adjacent to an activating group) is 1. The van der Waals surface area contributed by atoms with Gasteiger partial charge in [-0.1, -0.05) is 27.2 Å². The highest BCUT2D eigenvalue weighted by molar-refractivity contribution is 7.99. The summed E-state index contributed by atoms with van der Waals surface area (Å²) in [7, 11) is 2.34.